The molecule has 4 heteroatoms. The Morgan fingerprint density at radius 3 is 2.92 bits per heavy atom. The fourth-order valence-corrected chi connectivity index (χ4v) is 1.51. The third-order valence-electron chi connectivity index (χ3n) is 1.46. The number of benzene rings is 1. The average molecular weight is 258 g/mol. The summed E-state index contributed by atoms with van der Waals surface area (Å²) in [4.78, 5) is 0. The number of rotatable bonds is 1. The third kappa shape index (κ3) is 2.48. The summed E-state index contributed by atoms with van der Waals surface area (Å²) < 4.78 is 0.820. The van der Waals surface area contributed by atoms with Crippen LogP contribution in [0.2, 0.25) is 5.02 Å². The highest BCUT2D eigenvalue weighted by Crippen LogP contribution is 2.24. The highest BCUT2D eigenvalue weighted by atomic mass is 79.9. The van der Waals surface area contributed by atoms with E-state index in [0.717, 1.165) is 10.0 Å². The SMILES string of the molecule is N#C/C=C(/N)c1cc(Cl)ccc1Br. The van der Waals surface area contributed by atoms with Gasteiger partial charge in [-0.2, -0.15) is 5.26 Å². The summed E-state index contributed by atoms with van der Waals surface area (Å²) in [6, 6.07) is 7.10. The molecule has 2 nitrogen and oxygen atoms in total. The Bertz CT molecular complexity index is 393. The molecule has 0 bridgehead atoms. The topological polar surface area (TPSA) is 49.8 Å². The number of nitrogens with two attached hydrogens (primary N) is 1. The molecular formula is C9H6BrClN2. The van der Waals surface area contributed by atoms with Crippen molar-refractivity contribution in [2.24, 2.45) is 5.73 Å². The van der Waals surface area contributed by atoms with Crippen LogP contribution in [0, 0.1) is 11.3 Å². The Morgan fingerprint density at radius 2 is 2.31 bits per heavy atom. The molecule has 0 aliphatic rings. The van der Waals surface area contributed by atoms with Crippen molar-refractivity contribution < 1.29 is 0 Å². The van der Waals surface area contributed by atoms with Crippen molar-refractivity contribution in [3.8, 4) is 6.07 Å². The normalized spacial score (nSPS) is 11.0. The summed E-state index contributed by atoms with van der Waals surface area (Å²) >= 11 is 9.09. The minimum Gasteiger partial charge on any atom is -0.398 e. The van der Waals surface area contributed by atoms with Crippen molar-refractivity contribution in [2.45, 2.75) is 0 Å². The van der Waals surface area contributed by atoms with Crippen molar-refractivity contribution in [1.82, 2.24) is 0 Å². The summed E-state index contributed by atoms with van der Waals surface area (Å²) in [5.74, 6) is 0. The Kier molecular flexibility index (Phi) is 3.35. The van der Waals surface area contributed by atoms with Gasteiger partial charge in [0.1, 0.15) is 0 Å². The molecule has 0 aromatic heterocycles. The molecule has 0 saturated carbocycles. The van der Waals surface area contributed by atoms with Gasteiger partial charge in [0.2, 0.25) is 0 Å². The van der Waals surface area contributed by atoms with Gasteiger partial charge in [0.25, 0.3) is 0 Å². The summed E-state index contributed by atoms with van der Waals surface area (Å²) in [6.45, 7) is 0. The molecule has 66 valence electrons. The summed E-state index contributed by atoms with van der Waals surface area (Å²) in [5, 5.41) is 8.99. The van der Waals surface area contributed by atoms with Crippen molar-refractivity contribution in [1.29, 1.82) is 5.26 Å². The summed E-state index contributed by atoms with van der Waals surface area (Å²) in [7, 11) is 0. The van der Waals surface area contributed by atoms with Crippen LogP contribution < -0.4 is 5.73 Å². The average Bonchev–Trinajstić information content (AvgIpc) is 2.09. The van der Waals surface area contributed by atoms with E-state index in [4.69, 9.17) is 22.6 Å². The number of allylic oxidation sites excluding steroid dienone is 1. The van der Waals surface area contributed by atoms with Crippen LogP contribution in [-0.2, 0) is 0 Å². The first kappa shape index (κ1) is 10.1. The highest BCUT2D eigenvalue weighted by molar-refractivity contribution is 9.10. The lowest BCUT2D eigenvalue weighted by molar-refractivity contribution is 1.47. The van der Waals surface area contributed by atoms with E-state index >= 15 is 0 Å². The van der Waals surface area contributed by atoms with E-state index in [9.17, 15) is 0 Å². The Hall–Kier alpha value is -0.980. The quantitative estimate of drug-likeness (QED) is 0.787. The number of nitrogens with zero attached hydrogens (tertiary/aromatic N) is 1. The molecule has 0 saturated heterocycles. The molecule has 0 aliphatic heterocycles. The monoisotopic (exact) mass is 256 g/mol. The maximum Gasteiger partial charge on any atom is 0.0933 e. The van der Waals surface area contributed by atoms with Gasteiger partial charge in [0.05, 0.1) is 11.8 Å². The van der Waals surface area contributed by atoms with E-state index in [2.05, 4.69) is 15.9 Å². The van der Waals surface area contributed by atoms with Crippen LogP contribution in [0.3, 0.4) is 0 Å². The van der Waals surface area contributed by atoms with Crippen molar-refractivity contribution >= 4 is 33.2 Å². The molecule has 13 heavy (non-hydrogen) atoms. The molecule has 1 rings (SSSR count). The van der Waals surface area contributed by atoms with Gasteiger partial charge in [0.15, 0.2) is 0 Å². The van der Waals surface area contributed by atoms with Gasteiger partial charge in [-0.25, -0.2) is 0 Å². The van der Waals surface area contributed by atoms with Gasteiger partial charge in [-0.05, 0) is 18.2 Å². The second-order valence-electron chi connectivity index (χ2n) is 2.35. The molecule has 0 fully saturated rings. The minimum absolute atomic E-state index is 0.400. The second kappa shape index (κ2) is 4.31. The molecule has 0 atom stereocenters. The zero-order valence-electron chi connectivity index (χ0n) is 6.59. The van der Waals surface area contributed by atoms with Gasteiger partial charge in [-0.15, -0.1) is 0 Å². The molecule has 0 unspecified atom stereocenters. The largest absolute Gasteiger partial charge is 0.398 e. The van der Waals surface area contributed by atoms with Crippen LogP contribution in [0.4, 0.5) is 0 Å². The van der Waals surface area contributed by atoms with Gasteiger partial charge in [0, 0.05) is 21.1 Å². The van der Waals surface area contributed by atoms with Crippen LogP contribution in [0.15, 0.2) is 28.7 Å². The molecule has 1 aromatic carbocycles. The Labute approximate surface area is 89.7 Å². The summed E-state index contributed by atoms with van der Waals surface area (Å²) in [6.07, 6.45) is 1.27. The molecule has 0 radical (unpaired) electrons. The number of hydrogen-bond acceptors (Lipinski definition) is 2. The van der Waals surface area contributed by atoms with Crippen LogP contribution in [0.1, 0.15) is 5.56 Å². The van der Waals surface area contributed by atoms with Crippen molar-refractivity contribution in [3.63, 3.8) is 0 Å². The van der Waals surface area contributed by atoms with E-state index in [1.807, 2.05) is 6.07 Å². The lowest BCUT2D eigenvalue weighted by Gasteiger charge is -2.03. The van der Waals surface area contributed by atoms with Crippen molar-refractivity contribution in [2.75, 3.05) is 0 Å². The molecule has 0 aliphatic carbocycles. The zero-order chi connectivity index (χ0) is 9.84. The first-order chi connectivity index (χ1) is 6.15. The Balaban J connectivity index is 3.22. The van der Waals surface area contributed by atoms with E-state index < -0.39 is 0 Å². The van der Waals surface area contributed by atoms with E-state index in [-0.39, 0.29) is 0 Å². The first-order valence-electron chi connectivity index (χ1n) is 3.46. The van der Waals surface area contributed by atoms with Gasteiger partial charge in [-0.3, -0.25) is 0 Å². The zero-order valence-corrected chi connectivity index (χ0v) is 8.93. The molecule has 1 aromatic rings. The highest BCUT2D eigenvalue weighted by Gasteiger charge is 2.02. The fraction of sp³-hybridized carbons (Fsp3) is 0. The van der Waals surface area contributed by atoms with E-state index in [1.54, 1.807) is 18.2 Å². The molecule has 0 spiro atoms. The van der Waals surface area contributed by atoms with Crippen LogP contribution >= 0.6 is 27.5 Å². The van der Waals surface area contributed by atoms with Gasteiger partial charge in [-0.1, -0.05) is 27.5 Å². The molecule has 2 N–H and O–H groups in total. The summed E-state index contributed by atoms with van der Waals surface area (Å²) in [5.41, 5.74) is 6.76. The van der Waals surface area contributed by atoms with Crippen LogP contribution in [0.25, 0.3) is 5.70 Å². The van der Waals surface area contributed by atoms with Crippen LogP contribution in [-0.4, -0.2) is 0 Å². The lowest BCUT2D eigenvalue weighted by atomic mass is 10.1. The second-order valence-corrected chi connectivity index (χ2v) is 3.64. The maximum atomic E-state index is 8.40. The smallest absolute Gasteiger partial charge is 0.0933 e. The molecular weight excluding hydrogens is 251 g/mol. The van der Waals surface area contributed by atoms with E-state index in [0.29, 0.717) is 10.7 Å². The predicted molar refractivity (Wildman–Crippen MR) is 56.9 cm³/mol. The van der Waals surface area contributed by atoms with Gasteiger partial charge >= 0.3 is 0 Å². The number of nitriles is 1. The molecule has 0 amide bonds. The Morgan fingerprint density at radius 1 is 1.62 bits per heavy atom. The van der Waals surface area contributed by atoms with Crippen molar-refractivity contribution in [3.05, 3.63) is 39.3 Å². The third-order valence-corrected chi connectivity index (χ3v) is 2.39. The lowest BCUT2D eigenvalue weighted by Crippen LogP contribution is -1.96. The first-order valence-corrected chi connectivity index (χ1v) is 4.63. The van der Waals surface area contributed by atoms with Crippen LogP contribution in [0.5, 0.6) is 0 Å². The number of halogens is 2. The van der Waals surface area contributed by atoms with Gasteiger partial charge < -0.3 is 5.73 Å². The minimum atomic E-state index is 0.400. The van der Waals surface area contributed by atoms with E-state index in [1.165, 1.54) is 6.08 Å². The standard InChI is InChI=1S/C9H6BrClN2/c10-8-2-1-6(11)5-7(8)9(13)3-4-12/h1-3,5H,13H2/b9-3+. The molecule has 0 heterocycles. The predicted octanol–water partition coefficient (Wildman–Crippen LogP) is 2.93. The maximum absolute atomic E-state index is 8.40. The fourth-order valence-electron chi connectivity index (χ4n) is 0.866. The number of hydrogen-bond donors (Lipinski definition) is 1.